The monoisotopic (exact) mass is 313 g/mol. The zero-order valence-electron chi connectivity index (χ0n) is 12.2. The molecule has 7 heteroatoms. The first-order valence-electron chi connectivity index (χ1n) is 6.73. The highest BCUT2D eigenvalue weighted by Crippen LogP contribution is 2.20. The Morgan fingerprint density at radius 2 is 1.90 bits per heavy atom. The van der Waals surface area contributed by atoms with Crippen molar-refractivity contribution in [2.45, 2.75) is 37.8 Å². The third kappa shape index (κ3) is 3.74. The van der Waals surface area contributed by atoms with Crippen LogP contribution in [-0.4, -0.2) is 33.3 Å². The molecule has 0 radical (unpaired) electrons. The van der Waals surface area contributed by atoms with Crippen LogP contribution in [0.4, 0.5) is 4.79 Å². The van der Waals surface area contributed by atoms with E-state index in [-0.39, 0.29) is 17.4 Å². The fourth-order valence-corrected chi connectivity index (χ4v) is 3.08. The van der Waals surface area contributed by atoms with Crippen LogP contribution in [0.3, 0.4) is 0 Å². The van der Waals surface area contributed by atoms with Gasteiger partial charge in [-0.1, -0.05) is 31.5 Å². The average molecular weight is 313 g/mol. The van der Waals surface area contributed by atoms with Crippen molar-refractivity contribution in [1.29, 1.82) is 0 Å². The molecule has 1 fully saturated rings. The van der Waals surface area contributed by atoms with E-state index in [1.165, 1.54) is 12.1 Å². The molecule has 0 aliphatic carbocycles. The van der Waals surface area contributed by atoms with Gasteiger partial charge in [0, 0.05) is 0 Å². The summed E-state index contributed by atoms with van der Waals surface area (Å²) in [6.07, 6.45) is -0.944. The zero-order valence-corrected chi connectivity index (χ0v) is 13.0. The van der Waals surface area contributed by atoms with Crippen LogP contribution in [0.15, 0.2) is 29.2 Å². The van der Waals surface area contributed by atoms with Crippen molar-refractivity contribution in [1.82, 2.24) is 5.32 Å². The van der Waals surface area contributed by atoms with E-state index in [0.29, 0.717) is 0 Å². The molecule has 2 rings (SSSR count). The molecule has 1 unspecified atom stereocenters. The van der Waals surface area contributed by atoms with Crippen molar-refractivity contribution in [2.24, 2.45) is 5.92 Å². The minimum absolute atomic E-state index is 0.0691. The molecule has 1 aliphatic heterocycles. The number of cyclic esters (lactones) is 1. The third-order valence-corrected chi connectivity index (χ3v) is 4.61. The van der Waals surface area contributed by atoms with Gasteiger partial charge in [0.15, 0.2) is 0 Å². The largest absolute Gasteiger partial charge is 0.444 e. The Balaban J connectivity index is 2.04. The predicted molar refractivity (Wildman–Crippen MR) is 76.3 cm³/mol. The summed E-state index contributed by atoms with van der Waals surface area (Å²) in [7, 11) is -3.84. The Hall–Kier alpha value is -1.60. The average Bonchev–Trinajstić information content (AvgIpc) is 2.79. The maximum Gasteiger partial charge on any atom is 0.407 e. The minimum atomic E-state index is -3.84. The minimum Gasteiger partial charge on any atom is -0.444 e. The van der Waals surface area contributed by atoms with Gasteiger partial charge in [0.2, 0.25) is 0 Å². The SMILES string of the molecule is Cc1ccc(S(=O)(=O)OC[C@H]2NC(=O)OC2C(C)C)cc1. The van der Waals surface area contributed by atoms with Crippen LogP contribution in [0.5, 0.6) is 0 Å². The molecular formula is C14H19NO5S. The summed E-state index contributed by atoms with van der Waals surface area (Å²) >= 11 is 0. The number of rotatable bonds is 5. The number of hydrogen-bond donors (Lipinski definition) is 1. The summed E-state index contributed by atoms with van der Waals surface area (Å²) < 4.78 is 34.3. The van der Waals surface area contributed by atoms with Crippen LogP contribution in [0, 0.1) is 12.8 Å². The van der Waals surface area contributed by atoms with Crippen LogP contribution < -0.4 is 5.32 Å². The Bertz CT molecular complexity index is 609. The fraction of sp³-hybridized carbons (Fsp3) is 0.500. The maximum absolute atomic E-state index is 12.1. The number of carbonyl (C=O) groups is 1. The molecule has 1 amide bonds. The number of benzene rings is 1. The third-order valence-electron chi connectivity index (χ3n) is 3.31. The topological polar surface area (TPSA) is 81.7 Å². The van der Waals surface area contributed by atoms with E-state index < -0.39 is 28.4 Å². The Morgan fingerprint density at radius 3 is 2.48 bits per heavy atom. The molecule has 2 atom stereocenters. The number of hydrogen-bond acceptors (Lipinski definition) is 5. The maximum atomic E-state index is 12.1. The number of amides is 1. The van der Waals surface area contributed by atoms with Crippen LogP contribution in [0.25, 0.3) is 0 Å². The van der Waals surface area contributed by atoms with Crippen molar-refractivity contribution >= 4 is 16.2 Å². The fourth-order valence-electron chi connectivity index (χ4n) is 2.15. The predicted octanol–water partition coefficient (Wildman–Crippen LogP) is 1.83. The van der Waals surface area contributed by atoms with Gasteiger partial charge in [0.05, 0.1) is 17.5 Å². The van der Waals surface area contributed by atoms with E-state index in [4.69, 9.17) is 8.92 Å². The number of carbonyl (C=O) groups excluding carboxylic acids is 1. The highest BCUT2D eigenvalue weighted by atomic mass is 32.2. The molecular weight excluding hydrogens is 294 g/mol. The van der Waals surface area contributed by atoms with Crippen LogP contribution >= 0.6 is 0 Å². The van der Waals surface area contributed by atoms with E-state index in [1.54, 1.807) is 12.1 Å². The summed E-state index contributed by atoms with van der Waals surface area (Å²) in [6.45, 7) is 5.51. The molecule has 0 spiro atoms. The van der Waals surface area contributed by atoms with Gasteiger partial charge >= 0.3 is 6.09 Å². The Kier molecular flexibility index (Phi) is 4.53. The molecule has 1 aromatic carbocycles. The first-order chi connectivity index (χ1) is 9.79. The van der Waals surface area contributed by atoms with Gasteiger partial charge in [-0.25, -0.2) is 4.79 Å². The van der Waals surface area contributed by atoms with E-state index >= 15 is 0 Å². The lowest BCUT2D eigenvalue weighted by molar-refractivity contribution is 0.0921. The molecule has 116 valence electrons. The number of nitrogens with one attached hydrogen (secondary N) is 1. The normalized spacial score (nSPS) is 22.2. The lowest BCUT2D eigenvalue weighted by Gasteiger charge is -2.19. The number of aryl methyl sites for hydroxylation is 1. The second kappa shape index (κ2) is 6.03. The molecule has 1 aromatic rings. The summed E-state index contributed by atoms with van der Waals surface area (Å²) in [5, 5.41) is 2.57. The molecule has 1 saturated heterocycles. The van der Waals surface area contributed by atoms with E-state index in [9.17, 15) is 13.2 Å². The highest BCUT2D eigenvalue weighted by molar-refractivity contribution is 7.86. The molecule has 21 heavy (non-hydrogen) atoms. The van der Waals surface area contributed by atoms with Crippen molar-refractivity contribution in [3.05, 3.63) is 29.8 Å². The van der Waals surface area contributed by atoms with Crippen molar-refractivity contribution in [2.75, 3.05) is 6.61 Å². The molecule has 0 aromatic heterocycles. The summed E-state index contributed by atoms with van der Waals surface area (Å²) in [4.78, 5) is 11.4. The highest BCUT2D eigenvalue weighted by Gasteiger charge is 2.37. The second-order valence-electron chi connectivity index (χ2n) is 5.42. The molecule has 0 saturated carbocycles. The summed E-state index contributed by atoms with van der Waals surface area (Å²) in [5.41, 5.74) is 0.963. The van der Waals surface area contributed by atoms with Gasteiger partial charge in [0.25, 0.3) is 10.1 Å². The molecule has 6 nitrogen and oxygen atoms in total. The first kappa shape index (κ1) is 15.8. The van der Waals surface area contributed by atoms with E-state index in [2.05, 4.69) is 5.32 Å². The molecule has 1 heterocycles. The van der Waals surface area contributed by atoms with Gasteiger partial charge in [-0.3, -0.25) is 4.18 Å². The second-order valence-corrected chi connectivity index (χ2v) is 7.03. The van der Waals surface area contributed by atoms with Gasteiger partial charge in [-0.05, 0) is 25.0 Å². The van der Waals surface area contributed by atoms with E-state index in [0.717, 1.165) is 5.56 Å². The first-order valence-corrected chi connectivity index (χ1v) is 8.13. The summed E-state index contributed by atoms with van der Waals surface area (Å²) in [5.74, 6) is 0.0691. The van der Waals surface area contributed by atoms with E-state index in [1.807, 2.05) is 20.8 Å². The van der Waals surface area contributed by atoms with Gasteiger partial charge in [-0.2, -0.15) is 8.42 Å². The van der Waals surface area contributed by atoms with Crippen molar-refractivity contribution in [3.8, 4) is 0 Å². The Labute approximate surface area is 124 Å². The van der Waals surface area contributed by atoms with Gasteiger partial charge in [0.1, 0.15) is 6.10 Å². The standard InChI is InChI=1S/C14H19NO5S/c1-9(2)13-12(15-14(16)20-13)8-19-21(17,18)11-6-4-10(3)5-7-11/h4-7,9,12-13H,8H2,1-3H3,(H,15,16)/t12-,13?/m1/s1. The zero-order chi connectivity index (χ0) is 15.6. The summed E-state index contributed by atoms with van der Waals surface area (Å²) in [6, 6.07) is 5.92. The molecule has 1 N–H and O–H groups in total. The van der Waals surface area contributed by atoms with Gasteiger partial charge in [-0.15, -0.1) is 0 Å². The van der Waals surface area contributed by atoms with Crippen molar-refractivity contribution < 1.29 is 22.1 Å². The number of ether oxygens (including phenoxy) is 1. The van der Waals surface area contributed by atoms with Crippen LogP contribution in [-0.2, 0) is 19.0 Å². The molecule has 1 aliphatic rings. The van der Waals surface area contributed by atoms with Crippen molar-refractivity contribution in [3.63, 3.8) is 0 Å². The van der Waals surface area contributed by atoms with Gasteiger partial charge < -0.3 is 10.1 Å². The lowest BCUT2D eigenvalue weighted by atomic mass is 10.0. The van der Waals surface area contributed by atoms with Crippen LogP contribution in [0.1, 0.15) is 19.4 Å². The number of alkyl carbamates (subject to hydrolysis) is 1. The lowest BCUT2D eigenvalue weighted by Crippen LogP contribution is -2.39. The molecule has 0 bridgehead atoms. The smallest absolute Gasteiger partial charge is 0.407 e. The van der Waals surface area contributed by atoms with Crippen LogP contribution in [0.2, 0.25) is 0 Å². The Morgan fingerprint density at radius 1 is 1.29 bits per heavy atom. The quantitative estimate of drug-likeness (QED) is 0.839.